The predicted molar refractivity (Wildman–Crippen MR) is 56.3 cm³/mol. The van der Waals surface area contributed by atoms with Crippen molar-refractivity contribution in [1.82, 2.24) is 14.3 Å². The van der Waals surface area contributed by atoms with E-state index in [2.05, 4.69) is 9.71 Å². The SMILES string of the molecule is Cn1cnc(S(=O)(=O)NCCOCCO)c1. The summed E-state index contributed by atoms with van der Waals surface area (Å²) >= 11 is 0. The summed E-state index contributed by atoms with van der Waals surface area (Å²) < 4.78 is 32.0. The number of nitrogens with one attached hydrogen (secondary N) is 1. The van der Waals surface area contributed by atoms with E-state index < -0.39 is 10.0 Å². The third kappa shape index (κ3) is 3.89. The lowest BCUT2D eigenvalue weighted by atomic mass is 10.7. The van der Waals surface area contributed by atoms with Crippen LogP contribution in [-0.4, -0.2) is 49.4 Å². The van der Waals surface area contributed by atoms with Crippen molar-refractivity contribution in [1.29, 1.82) is 0 Å². The lowest BCUT2D eigenvalue weighted by Gasteiger charge is -2.04. The van der Waals surface area contributed by atoms with E-state index in [1.807, 2.05) is 0 Å². The van der Waals surface area contributed by atoms with Gasteiger partial charge in [0, 0.05) is 19.8 Å². The fourth-order valence-electron chi connectivity index (χ4n) is 1.02. The molecule has 1 heterocycles. The molecule has 0 aliphatic heterocycles. The lowest BCUT2D eigenvalue weighted by molar-refractivity contribution is 0.0961. The largest absolute Gasteiger partial charge is 0.394 e. The minimum absolute atomic E-state index is 0.0165. The molecule has 7 nitrogen and oxygen atoms in total. The molecule has 0 amide bonds. The maximum atomic E-state index is 11.6. The molecule has 92 valence electrons. The summed E-state index contributed by atoms with van der Waals surface area (Å²) in [6.07, 6.45) is 2.83. The van der Waals surface area contributed by atoms with Gasteiger partial charge >= 0.3 is 0 Å². The van der Waals surface area contributed by atoms with Crippen molar-refractivity contribution in [3.63, 3.8) is 0 Å². The Bertz CT molecular complexity index is 415. The summed E-state index contributed by atoms with van der Waals surface area (Å²) in [5.74, 6) is 0. The van der Waals surface area contributed by atoms with Gasteiger partial charge in [-0.15, -0.1) is 0 Å². The number of aromatic nitrogens is 2. The molecule has 0 aliphatic carbocycles. The van der Waals surface area contributed by atoms with Crippen LogP contribution in [-0.2, 0) is 21.8 Å². The summed E-state index contributed by atoms with van der Waals surface area (Å²) in [4.78, 5) is 3.73. The quantitative estimate of drug-likeness (QED) is 0.586. The highest BCUT2D eigenvalue weighted by molar-refractivity contribution is 7.89. The Kier molecular flexibility index (Phi) is 4.87. The summed E-state index contributed by atoms with van der Waals surface area (Å²) in [5.41, 5.74) is 0. The Labute approximate surface area is 94.1 Å². The molecule has 0 spiro atoms. The molecule has 0 aromatic carbocycles. The standard InChI is InChI=1S/C8H15N3O4S/c1-11-6-8(9-7-11)16(13,14)10-2-4-15-5-3-12/h6-7,10,12H,2-5H2,1H3. The molecule has 2 N–H and O–H groups in total. The van der Waals surface area contributed by atoms with E-state index in [1.54, 1.807) is 11.6 Å². The van der Waals surface area contributed by atoms with Crippen LogP contribution in [0.25, 0.3) is 0 Å². The summed E-state index contributed by atoms with van der Waals surface area (Å²) in [6.45, 7) is 0.490. The molecule has 0 radical (unpaired) electrons. The normalized spacial score (nSPS) is 11.9. The highest BCUT2D eigenvalue weighted by Gasteiger charge is 2.15. The molecule has 1 rings (SSSR count). The Morgan fingerprint density at radius 3 is 2.88 bits per heavy atom. The van der Waals surface area contributed by atoms with Crippen molar-refractivity contribution < 1.29 is 18.3 Å². The van der Waals surface area contributed by atoms with Gasteiger partial charge in [-0.25, -0.2) is 18.1 Å². The number of aliphatic hydroxyl groups excluding tert-OH is 1. The van der Waals surface area contributed by atoms with E-state index in [0.29, 0.717) is 0 Å². The van der Waals surface area contributed by atoms with Crippen LogP contribution in [0.5, 0.6) is 0 Å². The number of rotatable bonds is 7. The average molecular weight is 249 g/mol. The molecular weight excluding hydrogens is 234 g/mol. The molecule has 1 aromatic rings. The van der Waals surface area contributed by atoms with Crippen LogP contribution in [0.2, 0.25) is 0 Å². The maximum absolute atomic E-state index is 11.6. The summed E-state index contributed by atoms with van der Waals surface area (Å²) in [6, 6.07) is 0. The van der Waals surface area contributed by atoms with Crippen LogP contribution in [0.4, 0.5) is 0 Å². The van der Waals surface area contributed by atoms with E-state index in [4.69, 9.17) is 9.84 Å². The number of ether oxygens (including phenoxy) is 1. The molecule has 0 unspecified atom stereocenters. The number of nitrogens with zero attached hydrogens (tertiary/aromatic N) is 2. The smallest absolute Gasteiger partial charge is 0.259 e. The topological polar surface area (TPSA) is 93.5 Å². The van der Waals surface area contributed by atoms with E-state index in [9.17, 15) is 8.42 Å². The zero-order chi connectivity index (χ0) is 12.0. The highest BCUT2D eigenvalue weighted by Crippen LogP contribution is 2.02. The number of sulfonamides is 1. The first-order valence-electron chi connectivity index (χ1n) is 4.72. The zero-order valence-electron chi connectivity index (χ0n) is 8.96. The monoisotopic (exact) mass is 249 g/mol. The average Bonchev–Trinajstić information content (AvgIpc) is 2.65. The summed E-state index contributed by atoms with van der Waals surface area (Å²) in [7, 11) is -1.86. The second-order valence-electron chi connectivity index (χ2n) is 3.11. The minimum Gasteiger partial charge on any atom is -0.394 e. The molecule has 0 saturated carbocycles. The van der Waals surface area contributed by atoms with Gasteiger partial charge in [0.25, 0.3) is 10.0 Å². The predicted octanol–water partition coefficient (Wildman–Crippen LogP) is -1.29. The van der Waals surface area contributed by atoms with Gasteiger partial charge in [0.15, 0.2) is 5.03 Å². The third-order valence-corrected chi connectivity index (χ3v) is 3.08. The van der Waals surface area contributed by atoms with E-state index >= 15 is 0 Å². The number of imidazole rings is 1. The molecule has 8 heteroatoms. The van der Waals surface area contributed by atoms with Crippen LogP contribution in [0.1, 0.15) is 0 Å². The highest BCUT2D eigenvalue weighted by atomic mass is 32.2. The van der Waals surface area contributed by atoms with Crippen LogP contribution in [0, 0.1) is 0 Å². The van der Waals surface area contributed by atoms with Gasteiger partial charge < -0.3 is 14.4 Å². The number of hydrogen-bond donors (Lipinski definition) is 2. The fraction of sp³-hybridized carbons (Fsp3) is 0.625. The molecule has 0 atom stereocenters. The molecule has 0 aliphatic rings. The van der Waals surface area contributed by atoms with E-state index in [1.165, 1.54) is 12.5 Å². The molecular formula is C8H15N3O4S. The van der Waals surface area contributed by atoms with Crippen molar-refractivity contribution in [2.45, 2.75) is 5.03 Å². The van der Waals surface area contributed by atoms with Crippen molar-refractivity contribution in [2.24, 2.45) is 7.05 Å². The van der Waals surface area contributed by atoms with Gasteiger partial charge in [-0.2, -0.15) is 0 Å². The van der Waals surface area contributed by atoms with Gasteiger partial charge in [-0.3, -0.25) is 0 Å². The number of hydrogen-bond acceptors (Lipinski definition) is 5. The number of aliphatic hydroxyl groups is 1. The van der Waals surface area contributed by atoms with Gasteiger partial charge in [0.2, 0.25) is 0 Å². The van der Waals surface area contributed by atoms with Crippen LogP contribution in [0.15, 0.2) is 17.6 Å². The minimum atomic E-state index is -3.55. The lowest BCUT2D eigenvalue weighted by Crippen LogP contribution is -2.28. The summed E-state index contributed by atoms with van der Waals surface area (Å²) in [5, 5.41) is 8.41. The van der Waals surface area contributed by atoms with Crippen molar-refractivity contribution in [3.05, 3.63) is 12.5 Å². The fourth-order valence-corrected chi connectivity index (χ4v) is 2.01. The Morgan fingerprint density at radius 1 is 1.56 bits per heavy atom. The Balaban J connectivity index is 2.41. The Morgan fingerprint density at radius 2 is 2.31 bits per heavy atom. The second-order valence-corrected chi connectivity index (χ2v) is 4.82. The van der Waals surface area contributed by atoms with Gasteiger partial charge in [0.05, 0.1) is 26.1 Å². The zero-order valence-corrected chi connectivity index (χ0v) is 9.77. The molecule has 16 heavy (non-hydrogen) atoms. The molecule has 0 fully saturated rings. The first-order chi connectivity index (χ1) is 7.56. The van der Waals surface area contributed by atoms with Gasteiger partial charge in [-0.05, 0) is 0 Å². The van der Waals surface area contributed by atoms with Crippen LogP contribution < -0.4 is 4.72 Å². The van der Waals surface area contributed by atoms with Crippen molar-refractivity contribution in [2.75, 3.05) is 26.4 Å². The van der Waals surface area contributed by atoms with Crippen LogP contribution >= 0.6 is 0 Å². The van der Waals surface area contributed by atoms with Gasteiger partial charge in [-0.1, -0.05) is 0 Å². The first kappa shape index (κ1) is 13.1. The Hall–Kier alpha value is -0.960. The molecule has 1 aromatic heterocycles. The van der Waals surface area contributed by atoms with E-state index in [-0.39, 0.29) is 31.4 Å². The second kappa shape index (κ2) is 5.94. The van der Waals surface area contributed by atoms with Gasteiger partial charge in [0.1, 0.15) is 0 Å². The van der Waals surface area contributed by atoms with Crippen molar-refractivity contribution in [3.8, 4) is 0 Å². The molecule has 0 saturated heterocycles. The maximum Gasteiger partial charge on any atom is 0.259 e. The number of aryl methyl sites for hydroxylation is 1. The van der Waals surface area contributed by atoms with Crippen LogP contribution in [0.3, 0.4) is 0 Å². The first-order valence-corrected chi connectivity index (χ1v) is 6.21. The van der Waals surface area contributed by atoms with Crippen molar-refractivity contribution >= 4 is 10.0 Å². The third-order valence-electron chi connectivity index (χ3n) is 1.73. The van der Waals surface area contributed by atoms with E-state index in [0.717, 1.165) is 0 Å². The molecule has 0 bridgehead atoms.